The van der Waals surface area contributed by atoms with Gasteiger partial charge in [-0.2, -0.15) is 0 Å². The molecule has 1 aromatic carbocycles. The molecule has 4 nitrogen and oxygen atoms in total. The highest BCUT2D eigenvalue weighted by Crippen LogP contribution is 2.38. The zero-order valence-electron chi connectivity index (χ0n) is 15.9. The highest BCUT2D eigenvalue weighted by molar-refractivity contribution is 5.73. The number of rotatable bonds is 5. The van der Waals surface area contributed by atoms with E-state index in [2.05, 4.69) is 0 Å². The summed E-state index contributed by atoms with van der Waals surface area (Å²) in [5, 5.41) is 0. The number of alkyl halides is 2. The third-order valence-electron chi connectivity index (χ3n) is 6.08. The van der Waals surface area contributed by atoms with Crippen LogP contribution in [0.1, 0.15) is 68.9 Å². The molecule has 6 heteroatoms. The first-order valence-corrected chi connectivity index (χ1v) is 9.98. The van der Waals surface area contributed by atoms with Crippen LogP contribution in [0.15, 0.2) is 24.3 Å². The van der Waals surface area contributed by atoms with Gasteiger partial charge in [0.25, 0.3) is 6.43 Å². The minimum atomic E-state index is -2.43. The molecule has 0 spiro atoms. The monoisotopic (exact) mass is 380 g/mol. The van der Waals surface area contributed by atoms with Gasteiger partial charge < -0.3 is 15.4 Å². The van der Waals surface area contributed by atoms with Crippen LogP contribution in [0.5, 0.6) is 0 Å². The summed E-state index contributed by atoms with van der Waals surface area (Å²) in [6.45, 7) is 2.79. The second-order valence-electron chi connectivity index (χ2n) is 7.82. The van der Waals surface area contributed by atoms with E-state index in [-0.39, 0.29) is 35.6 Å². The Morgan fingerprint density at radius 1 is 1.22 bits per heavy atom. The summed E-state index contributed by atoms with van der Waals surface area (Å²) < 4.78 is 32.6. The molecule has 2 N–H and O–H groups in total. The maximum atomic E-state index is 13.3. The van der Waals surface area contributed by atoms with Crippen LogP contribution in [0.25, 0.3) is 0 Å². The fraction of sp³-hybridized carbons (Fsp3) is 0.667. The summed E-state index contributed by atoms with van der Waals surface area (Å²) in [4.78, 5) is 13.7. The summed E-state index contributed by atoms with van der Waals surface area (Å²) in [6.07, 6.45) is 2.93. The average Bonchev–Trinajstić information content (AvgIpc) is 2.67. The Bertz CT molecular complexity index is 632. The molecule has 2 unspecified atom stereocenters. The largest absolute Gasteiger partial charge is 0.376 e. The highest BCUT2D eigenvalue weighted by atomic mass is 19.3. The van der Waals surface area contributed by atoms with Crippen LogP contribution in [0.2, 0.25) is 0 Å². The topological polar surface area (TPSA) is 55.6 Å². The lowest BCUT2D eigenvalue weighted by molar-refractivity contribution is -0.135. The van der Waals surface area contributed by atoms with Gasteiger partial charge in [-0.3, -0.25) is 4.79 Å². The quantitative estimate of drug-likeness (QED) is 0.840. The molecule has 2 aliphatic rings. The maximum absolute atomic E-state index is 13.3. The van der Waals surface area contributed by atoms with E-state index in [1.54, 1.807) is 13.0 Å². The zero-order valence-corrected chi connectivity index (χ0v) is 15.9. The van der Waals surface area contributed by atoms with E-state index in [1.807, 2.05) is 17.0 Å². The molecule has 3 rings (SSSR count). The number of likely N-dealkylation sites (tertiary alicyclic amines) is 1. The molecule has 2 atom stereocenters. The van der Waals surface area contributed by atoms with E-state index >= 15 is 0 Å². The molecular formula is C21H30F2N2O2. The van der Waals surface area contributed by atoms with Crippen molar-refractivity contribution in [3.05, 3.63) is 35.4 Å². The number of benzene rings is 1. The highest BCUT2D eigenvalue weighted by Gasteiger charge is 2.32. The van der Waals surface area contributed by atoms with Gasteiger partial charge in [-0.25, -0.2) is 8.78 Å². The number of carbonyl (C=O) groups excluding carboxylic acids is 1. The van der Waals surface area contributed by atoms with E-state index in [9.17, 15) is 13.6 Å². The number of hydrogen-bond acceptors (Lipinski definition) is 3. The van der Waals surface area contributed by atoms with E-state index in [0.29, 0.717) is 6.61 Å². The summed E-state index contributed by atoms with van der Waals surface area (Å²) >= 11 is 0. The predicted octanol–water partition coefficient (Wildman–Crippen LogP) is 4.01. The van der Waals surface area contributed by atoms with Crippen molar-refractivity contribution < 1.29 is 18.3 Å². The Labute approximate surface area is 160 Å². The Morgan fingerprint density at radius 2 is 1.93 bits per heavy atom. The molecule has 1 saturated heterocycles. The number of halogens is 2. The zero-order chi connectivity index (χ0) is 19.4. The minimum Gasteiger partial charge on any atom is -0.376 e. The number of carbonyl (C=O) groups is 1. The van der Waals surface area contributed by atoms with Gasteiger partial charge in [-0.05, 0) is 50.0 Å². The molecule has 0 radical (unpaired) electrons. The first kappa shape index (κ1) is 20.2. The van der Waals surface area contributed by atoms with Crippen molar-refractivity contribution in [3.8, 4) is 0 Å². The third-order valence-corrected chi connectivity index (χ3v) is 6.08. The maximum Gasteiger partial charge on any atom is 0.264 e. The van der Waals surface area contributed by atoms with Gasteiger partial charge >= 0.3 is 0 Å². The van der Waals surface area contributed by atoms with E-state index in [0.717, 1.165) is 50.6 Å². The van der Waals surface area contributed by atoms with Crippen molar-refractivity contribution in [2.75, 3.05) is 13.2 Å². The van der Waals surface area contributed by atoms with Gasteiger partial charge in [0.1, 0.15) is 0 Å². The molecule has 27 heavy (non-hydrogen) atoms. The number of piperidine rings is 1. The van der Waals surface area contributed by atoms with Gasteiger partial charge in [0, 0.05) is 25.1 Å². The van der Waals surface area contributed by atoms with Crippen LogP contribution in [0.4, 0.5) is 8.78 Å². The van der Waals surface area contributed by atoms with E-state index < -0.39 is 6.43 Å². The number of nitrogens with zero attached hydrogens (tertiary/aromatic N) is 1. The lowest BCUT2D eigenvalue weighted by Crippen LogP contribution is -2.56. The molecule has 2 fully saturated rings. The standard InChI is InChI=1S/C21H30F2N2O2/c1-14(26)25-12-4-7-19(24)20(25)13-27-16-10-8-15(9-11-16)17-5-2-3-6-18(17)21(22)23/h2-3,5-6,15-16,19-21H,4,7-13,24H2,1H3. The number of ether oxygens (including phenoxy) is 1. The summed E-state index contributed by atoms with van der Waals surface area (Å²) in [7, 11) is 0. The van der Waals surface area contributed by atoms with Gasteiger partial charge in [0.15, 0.2) is 0 Å². The smallest absolute Gasteiger partial charge is 0.264 e. The SMILES string of the molecule is CC(=O)N1CCCC(N)C1COC1CCC(c2ccccc2C(F)F)CC1. The minimum absolute atomic E-state index is 0.0445. The van der Waals surface area contributed by atoms with Crippen LogP contribution < -0.4 is 5.73 Å². The van der Waals surface area contributed by atoms with Crippen LogP contribution in [0.3, 0.4) is 0 Å². The summed E-state index contributed by atoms with van der Waals surface area (Å²) in [5.41, 5.74) is 7.16. The van der Waals surface area contributed by atoms with Crippen molar-refractivity contribution in [3.63, 3.8) is 0 Å². The Kier molecular flexibility index (Phi) is 6.82. The number of amides is 1. The van der Waals surface area contributed by atoms with Crippen molar-refractivity contribution in [2.45, 2.75) is 76.0 Å². The van der Waals surface area contributed by atoms with Gasteiger partial charge in [-0.15, -0.1) is 0 Å². The number of nitrogens with two attached hydrogens (primary N) is 1. The molecule has 1 saturated carbocycles. The molecule has 150 valence electrons. The van der Waals surface area contributed by atoms with Crippen LogP contribution in [-0.2, 0) is 9.53 Å². The molecule has 1 aliphatic carbocycles. The predicted molar refractivity (Wildman–Crippen MR) is 101 cm³/mol. The third kappa shape index (κ3) is 4.85. The van der Waals surface area contributed by atoms with Crippen molar-refractivity contribution in [1.29, 1.82) is 0 Å². The molecule has 0 bridgehead atoms. The summed E-state index contributed by atoms with van der Waals surface area (Å²) in [6, 6.07) is 6.77. The molecule has 1 heterocycles. The van der Waals surface area contributed by atoms with E-state index in [1.165, 1.54) is 6.07 Å². The fourth-order valence-electron chi connectivity index (χ4n) is 4.55. The van der Waals surface area contributed by atoms with Crippen molar-refractivity contribution in [1.82, 2.24) is 4.90 Å². The second kappa shape index (κ2) is 9.11. The molecular weight excluding hydrogens is 350 g/mol. The Hall–Kier alpha value is -1.53. The molecule has 1 aromatic rings. The van der Waals surface area contributed by atoms with Crippen molar-refractivity contribution >= 4 is 5.91 Å². The van der Waals surface area contributed by atoms with Crippen LogP contribution in [0, 0.1) is 0 Å². The van der Waals surface area contributed by atoms with Gasteiger partial charge in [-0.1, -0.05) is 24.3 Å². The first-order chi connectivity index (χ1) is 13.0. The van der Waals surface area contributed by atoms with Crippen LogP contribution in [-0.4, -0.2) is 42.1 Å². The second-order valence-corrected chi connectivity index (χ2v) is 7.82. The van der Waals surface area contributed by atoms with Crippen LogP contribution >= 0.6 is 0 Å². The average molecular weight is 380 g/mol. The van der Waals surface area contributed by atoms with E-state index in [4.69, 9.17) is 10.5 Å². The molecule has 1 amide bonds. The number of hydrogen-bond donors (Lipinski definition) is 1. The lowest BCUT2D eigenvalue weighted by Gasteiger charge is -2.40. The van der Waals surface area contributed by atoms with Crippen molar-refractivity contribution in [2.24, 2.45) is 5.73 Å². The lowest BCUT2D eigenvalue weighted by atomic mass is 9.81. The Morgan fingerprint density at radius 3 is 2.59 bits per heavy atom. The first-order valence-electron chi connectivity index (χ1n) is 9.98. The van der Waals surface area contributed by atoms with Gasteiger partial charge in [0.05, 0.1) is 18.8 Å². The Balaban J connectivity index is 1.53. The summed E-state index contributed by atoms with van der Waals surface area (Å²) in [5.74, 6) is 0.215. The normalized spacial score (nSPS) is 29.1. The molecule has 1 aliphatic heterocycles. The molecule has 0 aromatic heterocycles. The van der Waals surface area contributed by atoms with Gasteiger partial charge in [0.2, 0.25) is 5.91 Å². The fourth-order valence-corrected chi connectivity index (χ4v) is 4.55.